The number of hydrogen-bond donors (Lipinski definition) is 1. The SMILES string of the molecule is CCc1cccc2c(/C=C3\SC(=O)N(CCc4ccccc4)C3=O)cn(CC(=O)NCc3cccs3)c12. The summed E-state index contributed by atoms with van der Waals surface area (Å²) in [5.74, 6) is -0.351. The van der Waals surface area contributed by atoms with Crippen LogP contribution in [-0.4, -0.2) is 33.1 Å². The summed E-state index contributed by atoms with van der Waals surface area (Å²) in [6.45, 7) is 3.10. The third-order valence-corrected chi connectivity index (χ3v) is 8.16. The van der Waals surface area contributed by atoms with Crippen LogP contribution >= 0.6 is 23.1 Å². The molecule has 0 bridgehead atoms. The number of thioether (sulfide) groups is 1. The van der Waals surface area contributed by atoms with Gasteiger partial charge in [0.05, 0.1) is 17.0 Å². The van der Waals surface area contributed by atoms with Crippen LogP contribution < -0.4 is 5.32 Å². The van der Waals surface area contributed by atoms with Gasteiger partial charge < -0.3 is 9.88 Å². The van der Waals surface area contributed by atoms with Gasteiger partial charge in [-0.05, 0) is 53.3 Å². The Balaban J connectivity index is 1.38. The highest BCUT2D eigenvalue weighted by Gasteiger charge is 2.34. The molecule has 0 spiro atoms. The van der Waals surface area contributed by atoms with Crippen LogP contribution in [0.15, 0.2) is 77.1 Å². The van der Waals surface area contributed by atoms with E-state index in [2.05, 4.69) is 18.3 Å². The summed E-state index contributed by atoms with van der Waals surface area (Å²) < 4.78 is 1.95. The first kappa shape index (κ1) is 25.0. The van der Waals surface area contributed by atoms with Crippen molar-refractivity contribution in [1.82, 2.24) is 14.8 Å². The highest BCUT2D eigenvalue weighted by atomic mass is 32.2. The minimum absolute atomic E-state index is 0.0796. The molecule has 0 atom stereocenters. The summed E-state index contributed by atoms with van der Waals surface area (Å²) in [7, 11) is 0. The quantitative estimate of drug-likeness (QED) is 0.276. The Labute approximate surface area is 224 Å². The number of carbonyl (C=O) groups excluding carboxylic acids is 3. The molecule has 37 heavy (non-hydrogen) atoms. The van der Waals surface area contributed by atoms with Gasteiger partial charge in [0.2, 0.25) is 5.91 Å². The minimum atomic E-state index is -0.271. The van der Waals surface area contributed by atoms with Crippen LogP contribution in [0.5, 0.6) is 0 Å². The summed E-state index contributed by atoms with van der Waals surface area (Å²) in [6.07, 6.45) is 5.13. The molecular weight excluding hydrogens is 502 g/mol. The third-order valence-electron chi connectivity index (χ3n) is 6.37. The van der Waals surface area contributed by atoms with E-state index in [9.17, 15) is 14.4 Å². The Morgan fingerprint density at radius 1 is 1.03 bits per heavy atom. The van der Waals surface area contributed by atoms with Gasteiger partial charge in [0.25, 0.3) is 11.1 Å². The lowest BCUT2D eigenvalue weighted by Crippen LogP contribution is -2.30. The van der Waals surface area contributed by atoms with Gasteiger partial charge in [-0.3, -0.25) is 19.3 Å². The fraction of sp³-hybridized carbons (Fsp3) is 0.207. The van der Waals surface area contributed by atoms with Crippen LogP contribution in [0.3, 0.4) is 0 Å². The molecule has 4 aromatic rings. The molecule has 1 aliphatic heterocycles. The highest BCUT2D eigenvalue weighted by molar-refractivity contribution is 8.18. The van der Waals surface area contributed by atoms with E-state index in [1.54, 1.807) is 17.4 Å². The van der Waals surface area contributed by atoms with E-state index >= 15 is 0 Å². The lowest BCUT2D eigenvalue weighted by molar-refractivity contribution is -0.123. The molecule has 1 fully saturated rings. The average molecular weight is 530 g/mol. The van der Waals surface area contributed by atoms with E-state index in [1.807, 2.05) is 70.7 Å². The zero-order chi connectivity index (χ0) is 25.8. The van der Waals surface area contributed by atoms with Crippen LogP contribution in [0.25, 0.3) is 17.0 Å². The monoisotopic (exact) mass is 529 g/mol. The number of aryl methyl sites for hydroxylation is 1. The van der Waals surface area contributed by atoms with Crippen molar-refractivity contribution in [2.24, 2.45) is 0 Å². The Morgan fingerprint density at radius 2 is 1.86 bits per heavy atom. The standard InChI is InChI=1S/C29H27N3O3S2/c1-2-21-10-6-12-24-22(18-31(27(21)24)19-26(33)30-17-23-11-7-15-36-23)16-25-28(34)32(29(35)37-25)14-13-20-8-4-3-5-9-20/h3-12,15-16,18H,2,13-14,17,19H2,1H3,(H,30,33)/b25-16-. The second kappa shape index (κ2) is 11.2. The third kappa shape index (κ3) is 5.55. The number of carbonyl (C=O) groups is 3. The molecule has 2 aromatic carbocycles. The summed E-state index contributed by atoms with van der Waals surface area (Å²) in [5.41, 5.74) is 4.01. The maximum atomic E-state index is 13.1. The summed E-state index contributed by atoms with van der Waals surface area (Å²) >= 11 is 2.58. The number of nitrogens with zero attached hydrogens (tertiary/aromatic N) is 2. The van der Waals surface area contributed by atoms with Gasteiger partial charge in [-0.25, -0.2) is 0 Å². The highest BCUT2D eigenvalue weighted by Crippen LogP contribution is 2.35. The van der Waals surface area contributed by atoms with Gasteiger partial charge in [0.1, 0.15) is 6.54 Å². The smallest absolute Gasteiger partial charge is 0.293 e. The van der Waals surface area contributed by atoms with Crippen LogP contribution in [0, 0.1) is 0 Å². The van der Waals surface area contributed by atoms with Crippen molar-refractivity contribution in [3.05, 3.63) is 98.7 Å². The van der Waals surface area contributed by atoms with E-state index in [-0.39, 0.29) is 23.6 Å². The number of hydrogen-bond acceptors (Lipinski definition) is 5. The van der Waals surface area contributed by atoms with E-state index in [4.69, 9.17) is 0 Å². The second-order valence-electron chi connectivity index (χ2n) is 8.80. The molecule has 6 nitrogen and oxygen atoms in total. The Bertz CT molecular complexity index is 1470. The van der Waals surface area contributed by atoms with Crippen LogP contribution in [0.1, 0.15) is 28.5 Å². The molecule has 0 radical (unpaired) electrons. The maximum Gasteiger partial charge on any atom is 0.293 e. The van der Waals surface area contributed by atoms with Gasteiger partial charge in [-0.1, -0.05) is 61.5 Å². The largest absolute Gasteiger partial charge is 0.350 e. The average Bonchev–Trinajstić information content (AvgIpc) is 3.62. The molecular formula is C29H27N3O3S2. The molecule has 5 rings (SSSR count). The number of rotatable bonds is 9. The Kier molecular flexibility index (Phi) is 7.58. The molecule has 0 aliphatic carbocycles. The maximum absolute atomic E-state index is 13.1. The zero-order valence-electron chi connectivity index (χ0n) is 20.5. The molecule has 1 saturated heterocycles. The molecule has 2 aromatic heterocycles. The van der Waals surface area contributed by atoms with Crippen LogP contribution in [0.4, 0.5) is 4.79 Å². The number of fused-ring (bicyclic) bond motifs is 1. The van der Waals surface area contributed by atoms with Crippen molar-refractivity contribution < 1.29 is 14.4 Å². The predicted molar refractivity (Wildman–Crippen MR) is 150 cm³/mol. The normalized spacial score (nSPS) is 14.7. The van der Waals surface area contributed by atoms with Gasteiger partial charge in [-0.2, -0.15) is 0 Å². The van der Waals surface area contributed by atoms with E-state index in [0.29, 0.717) is 24.4 Å². The second-order valence-corrected chi connectivity index (χ2v) is 10.8. The molecule has 3 amide bonds. The first-order valence-corrected chi connectivity index (χ1v) is 13.9. The number of amides is 3. The van der Waals surface area contributed by atoms with Gasteiger partial charge >= 0.3 is 0 Å². The Hall–Kier alpha value is -3.62. The van der Waals surface area contributed by atoms with E-state index in [1.165, 1.54) is 4.90 Å². The summed E-state index contributed by atoms with van der Waals surface area (Å²) in [5, 5.41) is 5.69. The number of imide groups is 1. The van der Waals surface area contributed by atoms with Crippen molar-refractivity contribution in [3.63, 3.8) is 0 Å². The van der Waals surface area contributed by atoms with Crippen LogP contribution in [0.2, 0.25) is 0 Å². The first-order valence-electron chi connectivity index (χ1n) is 12.2. The van der Waals surface area contributed by atoms with Crippen molar-refractivity contribution in [2.45, 2.75) is 32.9 Å². The molecule has 8 heteroatoms. The number of nitrogens with one attached hydrogen (secondary N) is 1. The molecule has 1 aliphatic rings. The molecule has 188 valence electrons. The van der Waals surface area contributed by atoms with Crippen LogP contribution in [-0.2, 0) is 35.5 Å². The van der Waals surface area contributed by atoms with Gasteiger partial charge in [0.15, 0.2) is 0 Å². The predicted octanol–water partition coefficient (Wildman–Crippen LogP) is 5.86. The fourth-order valence-corrected chi connectivity index (χ4v) is 6.02. The van der Waals surface area contributed by atoms with Crippen molar-refractivity contribution in [2.75, 3.05) is 6.54 Å². The summed E-state index contributed by atoms with van der Waals surface area (Å²) in [4.78, 5) is 41.4. The lowest BCUT2D eigenvalue weighted by Gasteiger charge is -2.12. The zero-order valence-corrected chi connectivity index (χ0v) is 22.1. The van der Waals surface area contributed by atoms with Gasteiger partial charge in [-0.15, -0.1) is 11.3 Å². The van der Waals surface area contributed by atoms with Gasteiger partial charge in [0, 0.05) is 28.6 Å². The molecule has 0 unspecified atom stereocenters. The Morgan fingerprint density at radius 3 is 2.62 bits per heavy atom. The lowest BCUT2D eigenvalue weighted by atomic mass is 10.1. The summed E-state index contributed by atoms with van der Waals surface area (Å²) in [6, 6.07) is 19.8. The number of aromatic nitrogens is 1. The van der Waals surface area contributed by atoms with Crippen molar-refractivity contribution in [3.8, 4) is 0 Å². The van der Waals surface area contributed by atoms with Crippen molar-refractivity contribution >= 4 is 57.1 Å². The number of benzene rings is 2. The number of thiophene rings is 1. The molecule has 1 N–H and O–H groups in total. The number of para-hydroxylation sites is 1. The fourth-order valence-electron chi connectivity index (χ4n) is 4.52. The van der Waals surface area contributed by atoms with E-state index < -0.39 is 0 Å². The molecule has 3 heterocycles. The first-order chi connectivity index (χ1) is 18.0. The van der Waals surface area contributed by atoms with E-state index in [0.717, 1.165) is 50.7 Å². The topological polar surface area (TPSA) is 71.4 Å². The van der Waals surface area contributed by atoms with Crippen molar-refractivity contribution in [1.29, 1.82) is 0 Å². The minimum Gasteiger partial charge on any atom is -0.350 e. The molecule has 0 saturated carbocycles.